The highest BCUT2D eigenvalue weighted by atomic mass is 32.2. The molecule has 3 heterocycles. The number of aromatic nitrogens is 3. The van der Waals surface area contributed by atoms with Crippen LogP contribution in [0.15, 0.2) is 30.9 Å². The molecule has 9 nitrogen and oxygen atoms in total. The average molecular weight is 506 g/mol. The minimum absolute atomic E-state index is 0.102. The zero-order valence-electron chi connectivity index (χ0n) is 20.9. The second-order valence-electron chi connectivity index (χ2n) is 9.81. The molecule has 1 atom stereocenters. The molecule has 10 heteroatoms. The van der Waals surface area contributed by atoms with Gasteiger partial charge in [0.15, 0.2) is 9.84 Å². The second kappa shape index (κ2) is 12.2. The van der Waals surface area contributed by atoms with E-state index in [4.69, 9.17) is 9.47 Å². The number of sulfone groups is 1. The topological polar surface area (TPSA) is 101 Å². The predicted molar refractivity (Wildman–Crippen MR) is 138 cm³/mol. The summed E-state index contributed by atoms with van der Waals surface area (Å²) in [6, 6.07) is 2.37. The van der Waals surface area contributed by atoms with Gasteiger partial charge in [-0.1, -0.05) is 6.08 Å². The molecular weight excluding hydrogens is 466 g/mol. The fourth-order valence-corrected chi connectivity index (χ4v) is 6.88. The summed E-state index contributed by atoms with van der Waals surface area (Å²) in [6.07, 6.45) is 13.3. The van der Waals surface area contributed by atoms with E-state index in [1.165, 1.54) is 0 Å². The van der Waals surface area contributed by atoms with E-state index in [1.807, 2.05) is 24.5 Å². The van der Waals surface area contributed by atoms with Gasteiger partial charge in [0.05, 0.1) is 36.2 Å². The summed E-state index contributed by atoms with van der Waals surface area (Å²) in [6.45, 7) is 2.94. The lowest BCUT2D eigenvalue weighted by Crippen LogP contribution is -2.37. The predicted octanol–water partition coefficient (Wildman–Crippen LogP) is 3.01. The van der Waals surface area contributed by atoms with Gasteiger partial charge in [0, 0.05) is 39.5 Å². The van der Waals surface area contributed by atoms with Crippen LogP contribution in [-0.2, 0) is 19.3 Å². The average Bonchev–Trinajstić information content (AvgIpc) is 3.33. The second-order valence-corrected chi connectivity index (χ2v) is 12.0. The zero-order chi connectivity index (χ0) is 24.7. The van der Waals surface area contributed by atoms with Gasteiger partial charge in [0.2, 0.25) is 0 Å². The number of hydrogen-bond donors (Lipinski definition) is 1. The number of aromatic amines is 1. The van der Waals surface area contributed by atoms with Crippen molar-refractivity contribution in [3.63, 3.8) is 0 Å². The summed E-state index contributed by atoms with van der Waals surface area (Å²) in [7, 11) is 0.626. The third-order valence-electron chi connectivity index (χ3n) is 7.24. The summed E-state index contributed by atoms with van der Waals surface area (Å²) in [5, 5.41) is 1.02. The Morgan fingerprint density at radius 3 is 2.83 bits per heavy atom. The van der Waals surface area contributed by atoms with Crippen molar-refractivity contribution < 1.29 is 17.9 Å². The molecule has 4 rings (SSSR count). The summed E-state index contributed by atoms with van der Waals surface area (Å²) < 4.78 is 36.5. The van der Waals surface area contributed by atoms with Gasteiger partial charge in [-0.05, 0) is 56.7 Å². The van der Waals surface area contributed by atoms with Crippen molar-refractivity contribution in [3.05, 3.63) is 30.9 Å². The van der Waals surface area contributed by atoms with E-state index in [0.29, 0.717) is 19.3 Å². The molecule has 1 saturated carbocycles. The highest BCUT2D eigenvalue weighted by molar-refractivity contribution is 7.91. The summed E-state index contributed by atoms with van der Waals surface area (Å²) >= 11 is 0. The lowest BCUT2D eigenvalue weighted by atomic mass is 9.86. The molecule has 1 aliphatic heterocycles. The van der Waals surface area contributed by atoms with E-state index in [0.717, 1.165) is 68.5 Å². The fraction of sp³-hybridized carbons (Fsp3) is 0.680. The molecule has 2 aromatic heterocycles. The van der Waals surface area contributed by atoms with Gasteiger partial charge < -0.3 is 24.3 Å². The van der Waals surface area contributed by atoms with Gasteiger partial charge >= 0.3 is 0 Å². The first-order valence-electron chi connectivity index (χ1n) is 12.7. The van der Waals surface area contributed by atoms with Crippen LogP contribution in [0.2, 0.25) is 0 Å². The molecule has 1 saturated heterocycles. The van der Waals surface area contributed by atoms with E-state index in [1.54, 1.807) is 13.4 Å². The fourth-order valence-electron chi connectivity index (χ4n) is 5.31. The highest BCUT2D eigenvalue weighted by Gasteiger charge is 2.28. The van der Waals surface area contributed by atoms with Crippen molar-refractivity contribution in [1.82, 2.24) is 19.9 Å². The molecule has 1 aliphatic carbocycles. The maximum Gasteiger partial charge on any atom is 0.154 e. The Morgan fingerprint density at radius 1 is 1.20 bits per heavy atom. The highest BCUT2D eigenvalue weighted by Crippen LogP contribution is 2.32. The SMILES string of the molecule is COCCOC1CCCN(C=CCS(=O)(=O)CC2CCC(N(C)c3ncnc4[nH]ccc34)CC2)C1. The van der Waals surface area contributed by atoms with Gasteiger partial charge in [0.25, 0.3) is 0 Å². The summed E-state index contributed by atoms with van der Waals surface area (Å²) in [5.41, 5.74) is 0.841. The Kier molecular flexibility index (Phi) is 9.02. The Morgan fingerprint density at radius 2 is 2.03 bits per heavy atom. The third-order valence-corrected chi connectivity index (χ3v) is 8.92. The number of anilines is 1. The quantitative estimate of drug-likeness (QED) is 0.465. The summed E-state index contributed by atoms with van der Waals surface area (Å²) in [4.78, 5) is 16.3. The molecule has 0 amide bonds. The lowest BCUT2D eigenvalue weighted by molar-refractivity contribution is -0.0120. The molecule has 2 aliphatic rings. The number of nitrogens with one attached hydrogen (secondary N) is 1. The number of H-pyrrole nitrogens is 1. The van der Waals surface area contributed by atoms with E-state index in [2.05, 4.69) is 31.8 Å². The van der Waals surface area contributed by atoms with Crippen LogP contribution in [0.1, 0.15) is 38.5 Å². The van der Waals surface area contributed by atoms with Gasteiger partial charge in [-0.15, -0.1) is 0 Å². The molecule has 35 heavy (non-hydrogen) atoms. The van der Waals surface area contributed by atoms with Crippen LogP contribution in [0.25, 0.3) is 11.0 Å². The Bertz CT molecular complexity index is 1060. The molecule has 1 unspecified atom stereocenters. The number of rotatable bonds is 11. The minimum atomic E-state index is -3.12. The van der Waals surface area contributed by atoms with Gasteiger partial charge in [-0.2, -0.15) is 0 Å². The minimum Gasteiger partial charge on any atom is -0.382 e. The monoisotopic (exact) mass is 505 g/mol. The van der Waals surface area contributed by atoms with Crippen molar-refractivity contribution in [1.29, 1.82) is 0 Å². The van der Waals surface area contributed by atoms with Crippen LogP contribution in [-0.4, -0.2) is 92.4 Å². The van der Waals surface area contributed by atoms with Crippen LogP contribution in [0, 0.1) is 5.92 Å². The summed E-state index contributed by atoms with van der Waals surface area (Å²) in [5.74, 6) is 1.53. The standard InChI is InChI=1S/C25H39N5O4S/c1-29(25-23-10-11-26-24(23)27-19-28-25)21-8-6-20(7-9-21)18-35(31,32)16-4-13-30-12-3-5-22(17-30)34-15-14-33-2/h4,10-11,13,19-22H,3,5-9,12,14-18H2,1-2H3,(H,26,27,28). The van der Waals surface area contributed by atoms with Crippen molar-refractivity contribution >= 4 is 26.7 Å². The number of hydrogen-bond acceptors (Lipinski definition) is 8. The molecule has 2 fully saturated rings. The zero-order valence-corrected chi connectivity index (χ0v) is 21.8. The van der Waals surface area contributed by atoms with Crippen LogP contribution < -0.4 is 4.90 Å². The maximum atomic E-state index is 12.8. The van der Waals surface area contributed by atoms with E-state index >= 15 is 0 Å². The van der Waals surface area contributed by atoms with Gasteiger partial charge in [-0.25, -0.2) is 18.4 Å². The smallest absolute Gasteiger partial charge is 0.154 e. The first kappa shape index (κ1) is 25.9. The Balaban J connectivity index is 1.21. The van der Waals surface area contributed by atoms with Crippen LogP contribution in [0.5, 0.6) is 0 Å². The molecule has 1 N–H and O–H groups in total. The molecule has 0 radical (unpaired) electrons. The van der Waals surface area contributed by atoms with Crippen LogP contribution in [0.4, 0.5) is 5.82 Å². The number of piperidine rings is 1. The number of fused-ring (bicyclic) bond motifs is 1. The van der Waals surface area contributed by atoms with Crippen molar-refractivity contribution in [2.45, 2.75) is 50.7 Å². The molecule has 0 bridgehead atoms. The van der Waals surface area contributed by atoms with Crippen molar-refractivity contribution in [2.24, 2.45) is 5.92 Å². The first-order chi connectivity index (χ1) is 16.9. The Hall–Kier alpha value is -2.17. The number of likely N-dealkylation sites (tertiary alicyclic amines) is 1. The molecular formula is C25H39N5O4S. The van der Waals surface area contributed by atoms with Crippen molar-refractivity contribution in [2.75, 3.05) is 56.9 Å². The molecule has 0 spiro atoms. The largest absolute Gasteiger partial charge is 0.382 e. The first-order valence-corrected chi connectivity index (χ1v) is 14.5. The normalized spacial score (nSPS) is 23.8. The number of methoxy groups -OCH3 is 1. The lowest BCUT2D eigenvalue weighted by Gasteiger charge is -2.35. The number of ether oxygens (including phenoxy) is 2. The van der Waals surface area contributed by atoms with Gasteiger partial charge in [-0.3, -0.25) is 0 Å². The van der Waals surface area contributed by atoms with Crippen LogP contribution in [0.3, 0.4) is 0 Å². The molecule has 0 aromatic carbocycles. The van der Waals surface area contributed by atoms with Crippen molar-refractivity contribution in [3.8, 4) is 0 Å². The van der Waals surface area contributed by atoms with E-state index < -0.39 is 9.84 Å². The van der Waals surface area contributed by atoms with E-state index in [9.17, 15) is 8.42 Å². The molecule has 194 valence electrons. The number of nitrogens with zero attached hydrogens (tertiary/aromatic N) is 4. The van der Waals surface area contributed by atoms with Gasteiger partial charge in [0.1, 0.15) is 17.8 Å². The van der Waals surface area contributed by atoms with E-state index in [-0.39, 0.29) is 23.5 Å². The molecule has 2 aromatic rings. The third kappa shape index (κ3) is 7.17. The maximum absolute atomic E-state index is 12.8. The Labute approximate surface area is 208 Å². The van der Waals surface area contributed by atoms with Crippen LogP contribution >= 0.6 is 0 Å².